The zero-order valence-electron chi connectivity index (χ0n) is 23.0. The largest absolute Gasteiger partial charge is 0.494 e. The Morgan fingerprint density at radius 2 is 1.20 bits per heavy atom. The van der Waals surface area contributed by atoms with Gasteiger partial charge in [-0.15, -0.1) is 0 Å². The highest BCUT2D eigenvalue weighted by molar-refractivity contribution is 5.91. The van der Waals surface area contributed by atoms with Crippen molar-refractivity contribution in [1.82, 2.24) is 0 Å². The molecule has 0 saturated heterocycles. The number of rotatable bonds is 12. The van der Waals surface area contributed by atoms with E-state index in [9.17, 15) is 14.4 Å². The fourth-order valence-electron chi connectivity index (χ4n) is 3.92. The van der Waals surface area contributed by atoms with E-state index < -0.39 is 17.9 Å². The van der Waals surface area contributed by atoms with Gasteiger partial charge in [-0.25, -0.2) is 14.4 Å². The van der Waals surface area contributed by atoms with Crippen molar-refractivity contribution in [3.05, 3.63) is 126 Å². The van der Waals surface area contributed by atoms with E-state index in [0.29, 0.717) is 72.9 Å². The second-order valence-electron chi connectivity index (χ2n) is 9.48. The molecule has 0 spiro atoms. The minimum absolute atomic E-state index is 0.317. The second-order valence-corrected chi connectivity index (χ2v) is 9.48. The number of carbonyl (C=O) groups is 3. The summed E-state index contributed by atoms with van der Waals surface area (Å²) in [5, 5.41) is 0. The molecular weight excluding hydrogens is 520 g/mol. The average molecular weight is 553 g/mol. The van der Waals surface area contributed by atoms with E-state index in [-0.39, 0.29) is 0 Å². The SMILES string of the molecule is C=C(C)C(=O)OCCCCOc1ccc(C(=O)OC2=CC=C(OC(=O)c3ccc(-c4ccccc4)cc3)CC2)cc1. The van der Waals surface area contributed by atoms with Gasteiger partial charge in [0.05, 0.1) is 24.3 Å². The molecule has 0 fully saturated rings. The molecule has 1 aliphatic carbocycles. The third-order valence-electron chi connectivity index (χ3n) is 6.23. The van der Waals surface area contributed by atoms with Crippen molar-refractivity contribution in [3.8, 4) is 16.9 Å². The Bertz CT molecular complexity index is 1430. The van der Waals surface area contributed by atoms with Gasteiger partial charge in [-0.2, -0.15) is 0 Å². The highest BCUT2D eigenvalue weighted by Crippen LogP contribution is 2.24. The smallest absolute Gasteiger partial charge is 0.343 e. The second kappa shape index (κ2) is 14.5. The van der Waals surface area contributed by atoms with Crippen LogP contribution in [0.4, 0.5) is 0 Å². The molecule has 210 valence electrons. The highest BCUT2D eigenvalue weighted by Gasteiger charge is 2.17. The van der Waals surface area contributed by atoms with Gasteiger partial charge < -0.3 is 18.9 Å². The van der Waals surface area contributed by atoms with Crippen molar-refractivity contribution in [3.63, 3.8) is 0 Å². The van der Waals surface area contributed by atoms with E-state index in [0.717, 1.165) is 11.1 Å². The summed E-state index contributed by atoms with van der Waals surface area (Å²) in [5.41, 5.74) is 3.33. The van der Waals surface area contributed by atoms with Crippen LogP contribution in [-0.2, 0) is 19.0 Å². The summed E-state index contributed by atoms with van der Waals surface area (Å²) in [7, 11) is 0. The average Bonchev–Trinajstić information content (AvgIpc) is 3.00. The fourth-order valence-corrected chi connectivity index (χ4v) is 3.92. The van der Waals surface area contributed by atoms with Gasteiger partial charge in [0.15, 0.2) is 0 Å². The molecule has 0 unspecified atom stereocenters. The molecular formula is C34H32O7. The number of esters is 3. The van der Waals surface area contributed by atoms with E-state index in [1.807, 2.05) is 42.5 Å². The lowest BCUT2D eigenvalue weighted by Gasteiger charge is -2.15. The van der Waals surface area contributed by atoms with Crippen LogP contribution >= 0.6 is 0 Å². The first-order chi connectivity index (χ1) is 19.9. The number of hydrogen-bond acceptors (Lipinski definition) is 7. The quantitative estimate of drug-likeness (QED) is 0.102. The van der Waals surface area contributed by atoms with E-state index in [1.165, 1.54) is 0 Å². The van der Waals surface area contributed by atoms with Gasteiger partial charge in [0, 0.05) is 18.4 Å². The van der Waals surface area contributed by atoms with E-state index in [1.54, 1.807) is 55.5 Å². The van der Waals surface area contributed by atoms with Gasteiger partial charge >= 0.3 is 17.9 Å². The lowest BCUT2D eigenvalue weighted by atomic mass is 10.0. The number of ether oxygens (including phenoxy) is 4. The van der Waals surface area contributed by atoms with Gasteiger partial charge in [0.1, 0.15) is 17.3 Å². The minimum Gasteiger partial charge on any atom is -0.494 e. The molecule has 0 saturated carbocycles. The van der Waals surface area contributed by atoms with Gasteiger partial charge in [-0.3, -0.25) is 0 Å². The Morgan fingerprint density at radius 1 is 0.683 bits per heavy atom. The summed E-state index contributed by atoms with van der Waals surface area (Å²) >= 11 is 0. The standard InChI is InChI=1S/C34H32O7/c1-24(2)32(35)39-23-7-6-22-38-29-16-14-28(15-17-29)34(37)41-31-20-18-30(19-21-31)40-33(36)27-12-10-26(11-13-27)25-8-4-3-5-9-25/h3-5,8-18,20H,1,6-7,19,21-23H2,2H3. The molecule has 0 N–H and O–H groups in total. The maximum absolute atomic E-state index is 12.6. The highest BCUT2D eigenvalue weighted by atomic mass is 16.5. The number of allylic oxidation sites excluding steroid dienone is 4. The monoisotopic (exact) mass is 552 g/mol. The minimum atomic E-state index is -0.477. The van der Waals surface area contributed by atoms with Gasteiger partial charge in [0.2, 0.25) is 0 Å². The van der Waals surface area contributed by atoms with Crippen LogP contribution in [0.25, 0.3) is 11.1 Å². The van der Waals surface area contributed by atoms with Crippen LogP contribution in [0.3, 0.4) is 0 Å². The molecule has 1 aliphatic rings. The lowest BCUT2D eigenvalue weighted by Crippen LogP contribution is -2.10. The summed E-state index contributed by atoms with van der Waals surface area (Å²) in [5.74, 6) is 0.333. The number of benzene rings is 3. The van der Waals surface area contributed by atoms with Crippen LogP contribution in [-0.4, -0.2) is 31.1 Å². The normalized spacial score (nSPS) is 12.4. The number of unbranched alkanes of at least 4 members (excludes halogenated alkanes) is 1. The molecule has 0 atom stereocenters. The Kier molecular flexibility index (Phi) is 10.3. The molecule has 0 bridgehead atoms. The molecule has 0 radical (unpaired) electrons. The first-order valence-corrected chi connectivity index (χ1v) is 13.4. The third-order valence-corrected chi connectivity index (χ3v) is 6.23. The molecule has 41 heavy (non-hydrogen) atoms. The maximum Gasteiger partial charge on any atom is 0.343 e. The molecule has 4 rings (SSSR count). The summed E-state index contributed by atoms with van der Waals surface area (Å²) < 4.78 is 21.8. The Balaban J connectivity index is 1.20. The van der Waals surface area contributed by atoms with E-state index >= 15 is 0 Å². The van der Waals surface area contributed by atoms with Gasteiger partial charge in [-0.05, 0) is 79.4 Å². The Morgan fingerprint density at radius 3 is 1.73 bits per heavy atom. The fraction of sp³-hybridized carbons (Fsp3) is 0.206. The Hall–Kier alpha value is -4.91. The molecule has 0 aromatic heterocycles. The summed E-state index contributed by atoms with van der Waals surface area (Å²) in [6.07, 6.45) is 5.56. The van der Waals surface area contributed by atoms with Gasteiger partial charge in [0.25, 0.3) is 0 Å². The van der Waals surface area contributed by atoms with Crippen LogP contribution in [0, 0.1) is 0 Å². The van der Waals surface area contributed by atoms with Crippen molar-refractivity contribution in [2.45, 2.75) is 32.6 Å². The topological polar surface area (TPSA) is 88.1 Å². The van der Waals surface area contributed by atoms with Crippen molar-refractivity contribution in [2.75, 3.05) is 13.2 Å². The number of hydrogen-bond donors (Lipinski definition) is 0. The third kappa shape index (κ3) is 8.80. The molecule has 3 aromatic carbocycles. The zero-order chi connectivity index (χ0) is 29.0. The molecule has 3 aromatic rings. The van der Waals surface area contributed by atoms with Crippen molar-refractivity contribution in [2.24, 2.45) is 0 Å². The summed E-state index contributed by atoms with van der Waals surface area (Å²) in [6.45, 7) is 5.92. The van der Waals surface area contributed by atoms with Crippen LogP contribution in [0.15, 0.2) is 115 Å². The Labute approximate surface area is 239 Å². The number of carbonyl (C=O) groups excluding carboxylic acids is 3. The lowest BCUT2D eigenvalue weighted by molar-refractivity contribution is -0.139. The molecule has 0 heterocycles. The van der Waals surface area contributed by atoms with E-state index in [2.05, 4.69) is 6.58 Å². The van der Waals surface area contributed by atoms with Crippen molar-refractivity contribution < 1.29 is 33.3 Å². The summed E-state index contributed by atoms with van der Waals surface area (Å²) in [4.78, 5) is 36.5. The van der Waals surface area contributed by atoms with Gasteiger partial charge in [-0.1, -0.05) is 49.0 Å². The van der Waals surface area contributed by atoms with Crippen molar-refractivity contribution >= 4 is 17.9 Å². The predicted molar refractivity (Wildman–Crippen MR) is 155 cm³/mol. The molecule has 7 nitrogen and oxygen atoms in total. The molecule has 7 heteroatoms. The van der Waals surface area contributed by atoms with Crippen LogP contribution in [0.1, 0.15) is 53.3 Å². The first kappa shape index (κ1) is 29.1. The van der Waals surface area contributed by atoms with Crippen LogP contribution in [0.5, 0.6) is 5.75 Å². The molecule has 0 aliphatic heterocycles. The first-order valence-electron chi connectivity index (χ1n) is 13.4. The zero-order valence-corrected chi connectivity index (χ0v) is 23.0. The van der Waals surface area contributed by atoms with Crippen LogP contribution < -0.4 is 4.74 Å². The van der Waals surface area contributed by atoms with E-state index in [4.69, 9.17) is 18.9 Å². The maximum atomic E-state index is 12.6. The van der Waals surface area contributed by atoms with Crippen molar-refractivity contribution in [1.29, 1.82) is 0 Å². The predicted octanol–water partition coefficient (Wildman–Crippen LogP) is 7.21. The van der Waals surface area contributed by atoms with Crippen LogP contribution in [0.2, 0.25) is 0 Å². The summed E-state index contributed by atoms with van der Waals surface area (Å²) in [6, 6.07) is 23.9. The molecule has 0 amide bonds.